The smallest absolute Gasteiger partial charge is 0.303 e. The van der Waals surface area contributed by atoms with Crippen molar-refractivity contribution in [1.29, 1.82) is 0 Å². The molecule has 204 valence electrons. The highest BCUT2D eigenvalue weighted by atomic mass is 16.7. The summed E-state index contributed by atoms with van der Waals surface area (Å²) in [5, 5.41) is 0. The van der Waals surface area contributed by atoms with E-state index in [2.05, 4.69) is 34.6 Å². The lowest BCUT2D eigenvalue weighted by Crippen LogP contribution is -2.64. The van der Waals surface area contributed by atoms with Crippen molar-refractivity contribution in [3.63, 3.8) is 0 Å². The first-order valence-electron chi connectivity index (χ1n) is 15.0. The third-order valence-corrected chi connectivity index (χ3v) is 11.9. The Morgan fingerprint density at radius 2 is 1.64 bits per heavy atom. The number of epoxide rings is 1. The quantitative estimate of drug-likeness (QED) is 0.286. The van der Waals surface area contributed by atoms with Crippen LogP contribution in [0.3, 0.4) is 0 Å². The van der Waals surface area contributed by atoms with Gasteiger partial charge in [-0.2, -0.15) is 0 Å². The van der Waals surface area contributed by atoms with E-state index in [0.29, 0.717) is 23.2 Å². The number of hydrogen-bond acceptors (Lipinski definition) is 5. The molecule has 4 unspecified atom stereocenters. The van der Waals surface area contributed by atoms with E-state index >= 15 is 0 Å². The second-order valence-electron chi connectivity index (χ2n) is 14.2. The largest absolute Gasteiger partial charge is 0.460 e. The maximum atomic E-state index is 12.3. The van der Waals surface area contributed by atoms with Crippen molar-refractivity contribution in [2.45, 2.75) is 137 Å². The molecule has 36 heavy (non-hydrogen) atoms. The Kier molecular flexibility index (Phi) is 6.83. The van der Waals surface area contributed by atoms with Gasteiger partial charge in [-0.1, -0.05) is 53.9 Å². The number of carbonyl (C=O) groups is 2. The lowest BCUT2D eigenvalue weighted by molar-refractivity contribution is -0.190. The Bertz CT molecular complexity index is 869. The average Bonchev–Trinajstić information content (AvgIpc) is 3.45. The average molecular weight is 503 g/mol. The van der Waals surface area contributed by atoms with Crippen LogP contribution in [0.1, 0.15) is 113 Å². The second-order valence-corrected chi connectivity index (χ2v) is 14.2. The highest BCUT2D eigenvalue weighted by Crippen LogP contribution is 2.74. The molecule has 0 aromatic carbocycles. The molecule has 4 aliphatic carbocycles. The van der Waals surface area contributed by atoms with E-state index in [9.17, 15) is 9.59 Å². The van der Waals surface area contributed by atoms with Crippen molar-refractivity contribution in [2.75, 3.05) is 0 Å². The summed E-state index contributed by atoms with van der Waals surface area (Å²) in [6.45, 7) is 15.2. The standard InChI is InChI=1S/C31H50O5/c1-18(2)9-8-10-19(3)23-11-12-24-22-17-27(35-21(5)33)31-28(36-31)26(34-20(4)32)14-16-30(31,7)25(22)13-15-29(23,24)6/h18-19,22-28H,8-17H2,1-7H3/t19-,22?,23?,24?,25?,26+,27-,28-,29-,30-,31-/m1/s1. The molecule has 1 spiro atoms. The maximum absolute atomic E-state index is 12.3. The van der Waals surface area contributed by atoms with Gasteiger partial charge in [-0.3, -0.25) is 9.59 Å². The van der Waals surface area contributed by atoms with Gasteiger partial charge in [-0.15, -0.1) is 0 Å². The lowest BCUT2D eigenvalue weighted by Gasteiger charge is -2.61. The van der Waals surface area contributed by atoms with Crippen molar-refractivity contribution >= 4 is 11.9 Å². The summed E-state index contributed by atoms with van der Waals surface area (Å²) in [4.78, 5) is 24.1. The van der Waals surface area contributed by atoms with Gasteiger partial charge in [-0.05, 0) is 85.9 Å². The van der Waals surface area contributed by atoms with E-state index in [4.69, 9.17) is 14.2 Å². The molecule has 0 amide bonds. The fourth-order valence-electron chi connectivity index (χ4n) is 10.4. The SMILES string of the molecule is CC(=O)O[C@H]1CC[C@]2(C)C3CC[C@@]4(C)C(CCC4[C@H](C)CCCC(C)C)C3C[C@@H](OC(C)=O)[C@]23O[C@H]13. The Labute approximate surface area is 218 Å². The number of hydrogen-bond donors (Lipinski definition) is 0. The molecule has 1 saturated heterocycles. The first kappa shape index (κ1) is 26.5. The van der Waals surface area contributed by atoms with Crippen LogP contribution in [0.5, 0.6) is 0 Å². The minimum absolute atomic E-state index is 0.0420. The molecule has 1 heterocycles. The topological polar surface area (TPSA) is 65.1 Å². The van der Waals surface area contributed by atoms with E-state index in [1.807, 2.05) is 0 Å². The van der Waals surface area contributed by atoms with Crippen molar-refractivity contribution in [1.82, 2.24) is 0 Å². The summed E-state index contributed by atoms with van der Waals surface area (Å²) in [5.41, 5.74) is -0.146. The van der Waals surface area contributed by atoms with Crippen LogP contribution >= 0.6 is 0 Å². The molecule has 5 aliphatic rings. The van der Waals surface area contributed by atoms with Gasteiger partial charge in [0, 0.05) is 19.3 Å². The molecule has 5 fully saturated rings. The van der Waals surface area contributed by atoms with Crippen LogP contribution in [-0.2, 0) is 23.8 Å². The zero-order chi connectivity index (χ0) is 26.0. The number of carbonyl (C=O) groups excluding carboxylic acids is 2. The third-order valence-electron chi connectivity index (χ3n) is 11.9. The number of fused-ring (bicyclic) bond motifs is 4. The van der Waals surface area contributed by atoms with E-state index in [1.165, 1.54) is 58.8 Å². The van der Waals surface area contributed by atoms with Crippen LogP contribution < -0.4 is 0 Å². The first-order chi connectivity index (χ1) is 16.9. The number of rotatable bonds is 7. The number of ether oxygens (including phenoxy) is 3. The van der Waals surface area contributed by atoms with Crippen molar-refractivity contribution in [3.8, 4) is 0 Å². The third kappa shape index (κ3) is 3.96. The summed E-state index contributed by atoms with van der Waals surface area (Å²) >= 11 is 0. The summed E-state index contributed by atoms with van der Waals surface area (Å²) in [6.07, 6.45) is 11.4. The molecule has 5 rings (SSSR count). The fourth-order valence-corrected chi connectivity index (χ4v) is 10.4. The Hall–Kier alpha value is -1.10. The molecule has 0 N–H and O–H groups in total. The lowest BCUT2D eigenvalue weighted by atomic mass is 9.43. The first-order valence-corrected chi connectivity index (χ1v) is 15.0. The van der Waals surface area contributed by atoms with Gasteiger partial charge in [0.25, 0.3) is 0 Å². The van der Waals surface area contributed by atoms with Crippen LogP contribution in [0.25, 0.3) is 0 Å². The summed E-state index contributed by atoms with van der Waals surface area (Å²) in [5.74, 6) is 3.76. The Morgan fingerprint density at radius 3 is 2.31 bits per heavy atom. The number of esters is 2. The zero-order valence-electron chi connectivity index (χ0n) is 23.8. The van der Waals surface area contributed by atoms with Gasteiger partial charge in [0.05, 0.1) is 0 Å². The summed E-state index contributed by atoms with van der Waals surface area (Å²) < 4.78 is 18.3. The molecule has 0 radical (unpaired) electrons. The minimum atomic E-state index is -0.492. The molecule has 1 aliphatic heterocycles. The molecule has 5 heteroatoms. The van der Waals surface area contributed by atoms with Crippen molar-refractivity contribution in [2.24, 2.45) is 46.3 Å². The van der Waals surface area contributed by atoms with E-state index in [0.717, 1.165) is 37.0 Å². The van der Waals surface area contributed by atoms with Gasteiger partial charge < -0.3 is 14.2 Å². The van der Waals surface area contributed by atoms with Crippen molar-refractivity contribution in [3.05, 3.63) is 0 Å². The van der Waals surface area contributed by atoms with Gasteiger partial charge in [0.2, 0.25) is 0 Å². The zero-order valence-corrected chi connectivity index (χ0v) is 23.8. The molecular weight excluding hydrogens is 452 g/mol. The predicted molar refractivity (Wildman–Crippen MR) is 139 cm³/mol. The van der Waals surface area contributed by atoms with Gasteiger partial charge in [0.1, 0.15) is 23.9 Å². The van der Waals surface area contributed by atoms with Crippen LogP contribution in [0.2, 0.25) is 0 Å². The minimum Gasteiger partial charge on any atom is -0.460 e. The summed E-state index contributed by atoms with van der Waals surface area (Å²) in [6, 6.07) is 0. The maximum Gasteiger partial charge on any atom is 0.303 e. The molecular formula is C31H50O5. The normalized spacial score (nSPS) is 47.7. The highest BCUT2D eigenvalue weighted by molar-refractivity contribution is 5.67. The second kappa shape index (κ2) is 9.27. The van der Waals surface area contributed by atoms with Gasteiger partial charge >= 0.3 is 11.9 Å². The van der Waals surface area contributed by atoms with Crippen LogP contribution in [0, 0.1) is 46.3 Å². The Balaban J connectivity index is 1.39. The van der Waals surface area contributed by atoms with E-state index in [1.54, 1.807) is 0 Å². The molecule has 0 bridgehead atoms. The Morgan fingerprint density at radius 1 is 0.917 bits per heavy atom. The van der Waals surface area contributed by atoms with E-state index < -0.39 is 5.60 Å². The monoisotopic (exact) mass is 502 g/mol. The molecule has 11 atom stereocenters. The summed E-state index contributed by atoms with van der Waals surface area (Å²) in [7, 11) is 0. The van der Waals surface area contributed by atoms with E-state index in [-0.39, 0.29) is 35.7 Å². The molecule has 0 aromatic rings. The van der Waals surface area contributed by atoms with Gasteiger partial charge in [-0.25, -0.2) is 0 Å². The fraction of sp³-hybridized carbons (Fsp3) is 0.935. The molecule has 0 aromatic heterocycles. The van der Waals surface area contributed by atoms with Crippen LogP contribution in [-0.4, -0.2) is 35.9 Å². The molecule has 5 nitrogen and oxygen atoms in total. The van der Waals surface area contributed by atoms with Gasteiger partial charge in [0.15, 0.2) is 0 Å². The highest BCUT2D eigenvalue weighted by Gasteiger charge is 2.81. The molecule has 4 saturated carbocycles. The van der Waals surface area contributed by atoms with Crippen molar-refractivity contribution < 1.29 is 23.8 Å². The predicted octanol–water partition coefficient (Wildman–Crippen LogP) is 6.71. The van der Waals surface area contributed by atoms with Crippen LogP contribution in [0.15, 0.2) is 0 Å². The van der Waals surface area contributed by atoms with Crippen LogP contribution in [0.4, 0.5) is 0 Å².